The van der Waals surface area contributed by atoms with E-state index in [2.05, 4.69) is 82.6 Å². The zero-order valence-electron chi connectivity index (χ0n) is 15.6. The van der Waals surface area contributed by atoms with Gasteiger partial charge in [-0.2, -0.15) is 0 Å². The molecule has 2 heteroatoms. The lowest BCUT2D eigenvalue weighted by Crippen LogP contribution is -2.30. The van der Waals surface area contributed by atoms with E-state index in [0.29, 0.717) is 12.1 Å². The van der Waals surface area contributed by atoms with Gasteiger partial charge in [-0.05, 0) is 49.9 Å². The van der Waals surface area contributed by atoms with Gasteiger partial charge >= 0.3 is 0 Å². The molecular formula is C24H30N2. The van der Waals surface area contributed by atoms with Crippen molar-refractivity contribution in [2.75, 3.05) is 13.1 Å². The van der Waals surface area contributed by atoms with Crippen molar-refractivity contribution in [3.05, 3.63) is 83.9 Å². The SMILES string of the molecule is C(=C\[C@H]1CCCN1Cc1ccccc1)/[C@@H]1CCCN1Cc1ccccc1. The summed E-state index contributed by atoms with van der Waals surface area (Å²) in [5, 5.41) is 0. The Labute approximate surface area is 158 Å². The molecule has 0 bridgehead atoms. The van der Waals surface area contributed by atoms with Crippen molar-refractivity contribution in [3.8, 4) is 0 Å². The molecule has 2 aromatic rings. The highest BCUT2D eigenvalue weighted by molar-refractivity contribution is 5.17. The largest absolute Gasteiger partial charge is 0.293 e. The molecule has 0 unspecified atom stereocenters. The molecule has 0 amide bonds. The van der Waals surface area contributed by atoms with Crippen molar-refractivity contribution in [1.29, 1.82) is 0 Å². The predicted molar refractivity (Wildman–Crippen MR) is 109 cm³/mol. The third-order valence-corrected chi connectivity index (χ3v) is 5.84. The third-order valence-electron chi connectivity index (χ3n) is 5.84. The van der Waals surface area contributed by atoms with Crippen molar-refractivity contribution in [2.24, 2.45) is 0 Å². The minimum Gasteiger partial charge on any atom is -0.293 e. The second kappa shape index (κ2) is 8.66. The van der Waals surface area contributed by atoms with E-state index in [0.717, 1.165) is 13.1 Å². The van der Waals surface area contributed by atoms with Gasteiger partial charge in [-0.15, -0.1) is 0 Å². The molecule has 136 valence electrons. The van der Waals surface area contributed by atoms with Crippen molar-refractivity contribution in [3.63, 3.8) is 0 Å². The van der Waals surface area contributed by atoms with Gasteiger partial charge in [0.25, 0.3) is 0 Å². The topological polar surface area (TPSA) is 6.48 Å². The van der Waals surface area contributed by atoms with Crippen LogP contribution in [0, 0.1) is 0 Å². The van der Waals surface area contributed by atoms with Gasteiger partial charge in [-0.25, -0.2) is 0 Å². The third kappa shape index (κ3) is 4.44. The summed E-state index contributed by atoms with van der Waals surface area (Å²) in [5.41, 5.74) is 2.86. The minimum atomic E-state index is 0.606. The molecule has 2 fully saturated rings. The van der Waals surface area contributed by atoms with Crippen LogP contribution < -0.4 is 0 Å². The highest BCUT2D eigenvalue weighted by Gasteiger charge is 2.25. The second-order valence-electron chi connectivity index (χ2n) is 7.72. The number of hydrogen-bond acceptors (Lipinski definition) is 2. The van der Waals surface area contributed by atoms with Crippen LogP contribution in [0.15, 0.2) is 72.8 Å². The van der Waals surface area contributed by atoms with Crippen LogP contribution in [0.4, 0.5) is 0 Å². The first kappa shape index (κ1) is 17.5. The molecule has 2 aliphatic heterocycles. The van der Waals surface area contributed by atoms with Gasteiger partial charge in [-0.3, -0.25) is 9.80 Å². The van der Waals surface area contributed by atoms with E-state index >= 15 is 0 Å². The molecule has 2 nitrogen and oxygen atoms in total. The summed E-state index contributed by atoms with van der Waals surface area (Å²) in [5.74, 6) is 0. The molecular weight excluding hydrogens is 316 g/mol. The summed E-state index contributed by atoms with van der Waals surface area (Å²) in [6.45, 7) is 4.60. The fourth-order valence-corrected chi connectivity index (χ4v) is 4.42. The quantitative estimate of drug-likeness (QED) is 0.688. The maximum Gasteiger partial charge on any atom is 0.0282 e. The average Bonchev–Trinajstić information content (AvgIpc) is 3.31. The lowest BCUT2D eigenvalue weighted by molar-refractivity contribution is 0.270. The van der Waals surface area contributed by atoms with Crippen LogP contribution in [0.25, 0.3) is 0 Å². The zero-order chi connectivity index (χ0) is 17.6. The first-order valence-electron chi connectivity index (χ1n) is 10.1. The standard InChI is InChI=1S/C24H30N2/c1-3-9-21(10-4-1)19-25-17-7-13-23(25)15-16-24-14-8-18-26(24)20-22-11-5-2-6-12-22/h1-6,9-12,15-16,23-24H,7-8,13-14,17-20H2/b16-15+/t23-,24+. The Bertz CT molecular complexity index is 633. The van der Waals surface area contributed by atoms with Crippen LogP contribution >= 0.6 is 0 Å². The number of rotatable bonds is 6. The second-order valence-corrected chi connectivity index (χ2v) is 7.72. The average molecular weight is 347 g/mol. The molecule has 2 aliphatic rings. The van der Waals surface area contributed by atoms with Gasteiger partial charge in [0.15, 0.2) is 0 Å². The maximum atomic E-state index is 2.64. The van der Waals surface area contributed by atoms with Crippen LogP contribution in [0.5, 0.6) is 0 Å². The first-order chi connectivity index (χ1) is 12.9. The lowest BCUT2D eigenvalue weighted by Gasteiger charge is -2.25. The van der Waals surface area contributed by atoms with Gasteiger partial charge in [0.05, 0.1) is 0 Å². The zero-order valence-corrected chi connectivity index (χ0v) is 15.6. The molecule has 4 rings (SSSR count). The van der Waals surface area contributed by atoms with E-state index < -0.39 is 0 Å². The van der Waals surface area contributed by atoms with E-state index in [9.17, 15) is 0 Å². The van der Waals surface area contributed by atoms with Crippen LogP contribution in [-0.4, -0.2) is 35.0 Å². The number of nitrogens with zero attached hydrogens (tertiary/aromatic N) is 2. The molecule has 0 spiro atoms. The van der Waals surface area contributed by atoms with E-state index in [-0.39, 0.29) is 0 Å². The molecule has 2 atom stereocenters. The fraction of sp³-hybridized carbons (Fsp3) is 0.417. The molecule has 2 aromatic carbocycles. The van der Waals surface area contributed by atoms with Gasteiger partial charge in [0, 0.05) is 25.2 Å². The predicted octanol–water partition coefficient (Wildman–Crippen LogP) is 4.87. The smallest absolute Gasteiger partial charge is 0.0282 e. The summed E-state index contributed by atoms with van der Waals surface area (Å²) < 4.78 is 0. The fourth-order valence-electron chi connectivity index (χ4n) is 4.42. The van der Waals surface area contributed by atoms with Crippen molar-refractivity contribution in [2.45, 2.75) is 50.9 Å². The molecule has 0 aromatic heterocycles. The Kier molecular flexibility index (Phi) is 5.83. The van der Waals surface area contributed by atoms with Crippen LogP contribution in [-0.2, 0) is 13.1 Å². The number of benzene rings is 2. The minimum absolute atomic E-state index is 0.606. The molecule has 0 radical (unpaired) electrons. The molecule has 26 heavy (non-hydrogen) atoms. The summed E-state index contributed by atoms with van der Waals surface area (Å²) in [4.78, 5) is 5.28. The highest BCUT2D eigenvalue weighted by Crippen LogP contribution is 2.24. The van der Waals surface area contributed by atoms with Crippen LogP contribution in [0.1, 0.15) is 36.8 Å². The monoisotopic (exact) mass is 346 g/mol. The van der Waals surface area contributed by atoms with Crippen LogP contribution in [0.2, 0.25) is 0 Å². The van der Waals surface area contributed by atoms with Gasteiger partial charge in [0.1, 0.15) is 0 Å². The highest BCUT2D eigenvalue weighted by atomic mass is 15.2. The van der Waals surface area contributed by atoms with Crippen molar-refractivity contribution in [1.82, 2.24) is 9.80 Å². The summed E-state index contributed by atoms with van der Waals surface area (Å²) >= 11 is 0. The van der Waals surface area contributed by atoms with Crippen molar-refractivity contribution >= 4 is 0 Å². The molecule has 0 saturated carbocycles. The van der Waals surface area contributed by atoms with Crippen molar-refractivity contribution < 1.29 is 0 Å². The van der Waals surface area contributed by atoms with Gasteiger partial charge < -0.3 is 0 Å². The van der Waals surface area contributed by atoms with E-state index in [1.54, 1.807) is 0 Å². The summed E-state index contributed by atoms with van der Waals surface area (Å²) in [7, 11) is 0. The molecule has 2 saturated heterocycles. The molecule has 0 aliphatic carbocycles. The normalized spacial score (nSPS) is 24.6. The number of likely N-dealkylation sites (tertiary alicyclic amines) is 2. The van der Waals surface area contributed by atoms with Crippen LogP contribution in [0.3, 0.4) is 0 Å². The maximum absolute atomic E-state index is 2.64. The van der Waals surface area contributed by atoms with E-state index in [1.807, 2.05) is 0 Å². The Balaban J connectivity index is 1.36. The Morgan fingerprint density at radius 1 is 0.654 bits per heavy atom. The first-order valence-corrected chi connectivity index (χ1v) is 10.1. The van der Waals surface area contributed by atoms with E-state index in [1.165, 1.54) is 49.9 Å². The molecule has 0 N–H and O–H groups in total. The van der Waals surface area contributed by atoms with Gasteiger partial charge in [0.2, 0.25) is 0 Å². The lowest BCUT2D eigenvalue weighted by atomic mass is 10.1. The Hall–Kier alpha value is -1.90. The Morgan fingerprint density at radius 3 is 1.50 bits per heavy atom. The van der Waals surface area contributed by atoms with E-state index in [4.69, 9.17) is 0 Å². The summed E-state index contributed by atoms with van der Waals surface area (Å²) in [6.07, 6.45) is 10.2. The number of hydrogen-bond donors (Lipinski definition) is 0. The summed E-state index contributed by atoms with van der Waals surface area (Å²) in [6, 6.07) is 23.0. The Morgan fingerprint density at radius 2 is 1.08 bits per heavy atom. The van der Waals surface area contributed by atoms with Gasteiger partial charge in [-0.1, -0.05) is 72.8 Å². The molecule has 2 heterocycles.